The molecular formula is C18H21FN2O3S. The maximum absolute atomic E-state index is 13.2. The number of carbonyl (C=O) groups excluding carboxylic acids is 1. The van der Waals surface area contributed by atoms with Crippen LogP contribution in [0.5, 0.6) is 0 Å². The number of nitrogens with one attached hydrogen (secondary N) is 2. The SMILES string of the molecule is CNS(=O)(=O)c1ccc(CNC(=O)C(C)Cc2cccc(F)c2)cc1. The third kappa shape index (κ3) is 5.37. The molecule has 0 aliphatic carbocycles. The van der Waals surface area contributed by atoms with Crippen LogP contribution in [0.2, 0.25) is 0 Å². The van der Waals surface area contributed by atoms with Gasteiger partial charge in [0, 0.05) is 12.5 Å². The molecule has 0 saturated carbocycles. The van der Waals surface area contributed by atoms with Crippen molar-refractivity contribution in [2.75, 3.05) is 7.05 Å². The summed E-state index contributed by atoms with van der Waals surface area (Å²) in [4.78, 5) is 12.3. The Morgan fingerprint density at radius 1 is 1.12 bits per heavy atom. The molecule has 0 bridgehead atoms. The van der Waals surface area contributed by atoms with Crippen molar-refractivity contribution in [3.63, 3.8) is 0 Å². The normalized spacial score (nSPS) is 12.6. The molecule has 0 aliphatic heterocycles. The molecule has 2 aromatic carbocycles. The quantitative estimate of drug-likeness (QED) is 0.791. The van der Waals surface area contributed by atoms with E-state index in [0.29, 0.717) is 13.0 Å². The summed E-state index contributed by atoms with van der Waals surface area (Å²) < 4.78 is 38.7. The van der Waals surface area contributed by atoms with Crippen molar-refractivity contribution in [3.8, 4) is 0 Å². The first-order valence-corrected chi connectivity index (χ1v) is 9.35. The minimum atomic E-state index is -3.47. The Balaban J connectivity index is 1.91. The molecule has 1 amide bonds. The summed E-state index contributed by atoms with van der Waals surface area (Å²) in [6, 6.07) is 12.5. The summed E-state index contributed by atoms with van der Waals surface area (Å²) in [7, 11) is -2.12. The van der Waals surface area contributed by atoms with E-state index < -0.39 is 10.0 Å². The van der Waals surface area contributed by atoms with E-state index in [-0.39, 0.29) is 22.5 Å². The van der Waals surface area contributed by atoms with Gasteiger partial charge in [0.1, 0.15) is 5.82 Å². The first-order valence-electron chi connectivity index (χ1n) is 7.86. The predicted molar refractivity (Wildman–Crippen MR) is 93.8 cm³/mol. The van der Waals surface area contributed by atoms with Crippen LogP contribution in [0.1, 0.15) is 18.1 Å². The molecule has 2 rings (SSSR count). The van der Waals surface area contributed by atoms with Crippen molar-refractivity contribution in [1.29, 1.82) is 0 Å². The van der Waals surface area contributed by atoms with Crippen LogP contribution in [-0.2, 0) is 27.8 Å². The number of benzene rings is 2. The lowest BCUT2D eigenvalue weighted by atomic mass is 10.0. The largest absolute Gasteiger partial charge is 0.352 e. The van der Waals surface area contributed by atoms with Gasteiger partial charge in [-0.2, -0.15) is 0 Å². The molecule has 0 aromatic heterocycles. The fourth-order valence-corrected chi connectivity index (χ4v) is 3.11. The van der Waals surface area contributed by atoms with Crippen molar-refractivity contribution in [2.45, 2.75) is 24.8 Å². The van der Waals surface area contributed by atoms with Crippen LogP contribution in [-0.4, -0.2) is 21.4 Å². The van der Waals surface area contributed by atoms with E-state index in [0.717, 1.165) is 11.1 Å². The molecule has 2 aromatic rings. The van der Waals surface area contributed by atoms with Gasteiger partial charge in [0.2, 0.25) is 15.9 Å². The van der Waals surface area contributed by atoms with E-state index >= 15 is 0 Å². The molecule has 5 nitrogen and oxygen atoms in total. The Morgan fingerprint density at radius 2 is 1.80 bits per heavy atom. The number of rotatable bonds is 7. The van der Waals surface area contributed by atoms with Gasteiger partial charge in [0.05, 0.1) is 4.90 Å². The smallest absolute Gasteiger partial charge is 0.240 e. The topological polar surface area (TPSA) is 75.3 Å². The molecule has 0 aliphatic rings. The number of hydrogen-bond donors (Lipinski definition) is 2. The maximum Gasteiger partial charge on any atom is 0.240 e. The molecule has 1 unspecified atom stereocenters. The highest BCUT2D eigenvalue weighted by Crippen LogP contribution is 2.12. The van der Waals surface area contributed by atoms with Gasteiger partial charge in [-0.1, -0.05) is 31.2 Å². The fraction of sp³-hybridized carbons (Fsp3) is 0.278. The lowest BCUT2D eigenvalue weighted by Gasteiger charge is -2.13. The fourth-order valence-electron chi connectivity index (χ4n) is 2.38. The van der Waals surface area contributed by atoms with E-state index in [1.807, 2.05) is 0 Å². The van der Waals surface area contributed by atoms with Gasteiger partial charge in [-0.3, -0.25) is 4.79 Å². The van der Waals surface area contributed by atoms with Gasteiger partial charge in [-0.05, 0) is 48.9 Å². The summed E-state index contributed by atoms with van der Waals surface area (Å²) in [6.07, 6.45) is 0.447. The summed E-state index contributed by atoms with van der Waals surface area (Å²) in [5, 5.41) is 2.81. The average Bonchev–Trinajstić information content (AvgIpc) is 2.60. The molecule has 0 fully saturated rings. The minimum Gasteiger partial charge on any atom is -0.352 e. The zero-order valence-electron chi connectivity index (χ0n) is 14.1. The summed E-state index contributed by atoms with van der Waals surface area (Å²) >= 11 is 0. The standard InChI is InChI=1S/C18H21FN2O3S/c1-13(10-15-4-3-5-16(19)11-15)18(22)21-12-14-6-8-17(9-7-14)25(23,24)20-2/h3-9,11,13,20H,10,12H2,1-2H3,(H,21,22). The van der Waals surface area contributed by atoms with E-state index in [4.69, 9.17) is 0 Å². The second-order valence-electron chi connectivity index (χ2n) is 5.80. The second-order valence-corrected chi connectivity index (χ2v) is 7.69. The van der Waals surface area contributed by atoms with Gasteiger partial charge in [0.25, 0.3) is 0 Å². The maximum atomic E-state index is 13.2. The lowest BCUT2D eigenvalue weighted by Crippen LogP contribution is -2.29. The Morgan fingerprint density at radius 3 is 2.40 bits per heavy atom. The van der Waals surface area contributed by atoms with Crippen LogP contribution in [0.4, 0.5) is 4.39 Å². The van der Waals surface area contributed by atoms with Crippen molar-refractivity contribution < 1.29 is 17.6 Å². The Labute approximate surface area is 147 Å². The van der Waals surface area contributed by atoms with Gasteiger partial charge in [-0.15, -0.1) is 0 Å². The third-order valence-electron chi connectivity index (χ3n) is 3.85. The van der Waals surface area contributed by atoms with Gasteiger partial charge >= 0.3 is 0 Å². The molecule has 25 heavy (non-hydrogen) atoms. The highest BCUT2D eigenvalue weighted by molar-refractivity contribution is 7.89. The molecule has 134 valence electrons. The number of halogens is 1. The van der Waals surface area contributed by atoms with E-state index in [1.165, 1.54) is 31.3 Å². The van der Waals surface area contributed by atoms with Crippen LogP contribution < -0.4 is 10.0 Å². The molecule has 7 heteroatoms. The molecule has 0 heterocycles. The zero-order chi connectivity index (χ0) is 18.4. The van der Waals surface area contributed by atoms with Gasteiger partial charge < -0.3 is 5.32 Å². The minimum absolute atomic E-state index is 0.142. The van der Waals surface area contributed by atoms with Gasteiger partial charge in [0.15, 0.2) is 0 Å². The lowest BCUT2D eigenvalue weighted by molar-refractivity contribution is -0.124. The molecule has 0 radical (unpaired) electrons. The van der Waals surface area contributed by atoms with Crippen LogP contribution >= 0.6 is 0 Å². The molecule has 2 N–H and O–H groups in total. The van der Waals surface area contributed by atoms with E-state index in [9.17, 15) is 17.6 Å². The van der Waals surface area contributed by atoms with Crippen molar-refractivity contribution in [1.82, 2.24) is 10.0 Å². The Hall–Kier alpha value is -2.25. The predicted octanol–water partition coefficient (Wildman–Crippen LogP) is 2.23. The zero-order valence-corrected chi connectivity index (χ0v) is 14.9. The van der Waals surface area contributed by atoms with Crippen LogP contribution in [0.15, 0.2) is 53.4 Å². The number of hydrogen-bond acceptors (Lipinski definition) is 3. The first-order chi connectivity index (χ1) is 11.8. The molecular weight excluding hydrogens is 343 g/mol. The molecule has 0 saturated heterocycles. The highest BCUT2D eigenvalue weighted by atomic mass is 32.2. The molecule has 1 atom stereocenters. The Kier molecular flexibility index (Phi) is 6.27. The van der Waals surface area contributed by atoms with E-state index in [2.05, 4.69) is 10.0 Å². The summed E-state index contributed by atoms with van der Waals surface area (Å²) in [6.45, 7) is 2.08. The van der Waals surface area contributed by atoms with Crippen molar-refractivity contribution >= 4 is 15.9 Å². The average molecular weight is 364 g/mol. The number of carbonyl (C=O) groups is 1. The second kappa shape index (κ2) is 8.22. The summed E-state index contributed by atoms with van der Waals surface area (Å²) in [5.74, 6) is -0.761. The van der Waals surface area contributed by atoms with Crippen LogP contribution in [0.3, 0.4) is 0 Å². The summed E-state index contributed by atoms with van der Waals surface area (Å²) in [5.41, 5.74) is 1.56. The van der Waals surface area contributed by atoms with Crippen LogP contribution in [0.25, 0.3) is 0 Å². The van der Waals surface area contributed by atoms with Crippen LogP contribution in [0, 0.1) is 11.7 Å². The Bertz CT molecular complexity index is 836. The highest BCUT2D eigenvalue weighted by Gasteiger charge is 2.14. The number of amides is 1. The number of sulfonamides is 1. The van der Waals surface area contributed by atoms with Crippen molar-refractivity contribution in [2.24, 2.45) is 5.92 Å². The van der Waals surface area contributed by atoms with E-state index in [1.54, 1.807) is 31.2 Å². The third-order valence-corrected chi connectivity index (χ3v) is 5.28. The molecule has 0 spiro atoms. The monoisotopic (exact) mass is 364 g/mol. The van der Waals surface area contributed by atoms with Crippen molar-refractivity contribution in [3.05, 3.63) is 65.5 Å². The van der Waals surface area contributed by atoms with Gasteiger partial charge in [-0.25, -0.2) is 17.5 Å². The first kappa shape index (κ1) is 19.1.